The summed E-state index contributed by atoms with van der Waals surface area (Å²) in [5, 5.41) is 7.46. The van der Waals surface area contributed by atoms with Crippen molar-refractivity contribution in [1.29, 1.82) is 0 Å². The number of benzene rings is 3. The van der Waals surface area contributed by atoms with Gasteiger partial charge >= 0.3 is 0 Å². The third-order valence-electron chi connectivity index (χ3n) is 4.41. The molecule has 0 saturated carbocycles. The molecule has 0 radical (unpaired) electrons. The van der Waals surface area contributed by atoms with Gasteiger partial charge in [-0.05, 0) is 60.7 Å². The fraction of sp³-hybridized carbons (Fsp3) is 0. The maximum atomic E-state index is 5.97. The molecule has 0 unspecified atom stereocenters. The number of nitrogens with one attached hydrogen (secondary N) is 1. The number of fused-ring (bicyclic) bond motifs is 2. The molecule has 3 nitrogen and oxygen atoms in total. The van der Waals surface area contributed by atoms with Crippen LogP contribution in [-0.2, 0) is 0 Å². The highest BCUT2D eigenvalue weighted by Crippen LogP contribution is 2.27. The van der Waals surface area contributed by atoms with Gasteiger partial charge in [0.1, 0.15) is 0 Å². The van der Waals surface area contributed by atoms with E-state index in [1.807, 2.05) is 60.7 Å². The number of para-hydroxylation sites is 1. The number of halogens is 3. The number of rotatable bonds is 2. The summed E-state index contributed by atoms with van der Waals surface area (Å²) < 4.78 is 0. The van der Waals surface area contributed by atoms with Crippen LogP contribution in [0.1, 0.15) is 0 Å². The van der Waals surface area contributed by atoms with E-state index in [9.17, 15) is 0 Å². The maximum Gasteiger partial charge on any atom is 0.0737 e. The molecule has 0 aliphatic heterocycles. The SMILES string of the molecule is Clc1ccc2c(Cl)ccnc2c1.Clc1ccc2c(Nc3ccccc3)ccnc2c1. The fourth-order valence-electron chi connectivity index (χ4n) is 2.99. The first kappa shape index (κ1) is 20.4. The van der Waals surface area contributed by atoms with Crippen molar-refractivity contribution in [3.05, 3.63) is 106 Å². The van der Waals surface area contributed by atoms with Gasteiger partial charge < -0.3 is 5.32 Å². The molecule has 2 aromatic heterocycles. The molecule has 0 atom stereocenters. The number of nitrogens with zero attached hydrogens (tertiary/aromatic N) is 2. The van der Waals surface area contributed by atoms with Crippen LogP contribution in [0.2, 0.25) is 15.1 Å². The van der Waals surface area contributed by atoms with Crippen molar-refractivity contribution in [2.75, 3.05) is 5.32 Å². The zero-order valence-corrected chi connectivity index (χ0v) is 18.0. The Morgan fingerprint density at radius 3 is 1.90 bits per heavy atom. The summed E-state index contributed by atoms with van der Waals surface area (Å²) in [5.74, 6) is 0. The summed E-state index contributed by atoms with van der Waals surface area (Å²) in [6.07, 6.45) is 3.45. The van der Waals surface area contributed by atoms with E-state index < -0.39 is 0 Å². The fourth-order valence-corrected chi connectivity index (χ4v) is 3.54. The first-order chi connectivity index (χ1) is 14.6. The van der Waals surface area contributed by atoms with E-state index in [1.54, 1.807) is 30.6 Å². The van der Waals surface area contributed by atoms with Crippen LogP contribution >= 0.6 is 34.8 Å². The molecule has 0 fully saturated rings. The summed E-state index contributed by atoms with van der Waals surface area (Å²) in [4.78, 5) is 8.45. The lowest BCUT2D eigenvalue weighted by molar-refractivity contribution is 1.40. The van der Waals surface area contributed by atoms with Crippen molar-refractivity contribution in [3.8, 4) is 0 Å². The zero-order valence-electron chi connectivity index (χ0n) is 15.7. The van der Waals surface area contributed by atoms with Crippen LogP contribution in [0.5, 0.6) is 0 Å². The lowest BCUT2D eigenvalue weighted by Crippen LogP contribution is -1.92. The van der Waals surface area contributed by atoms with Gasteiger partial charge in [-0.15, -0.1) is 0 Å². The third kappa shape index (κ3) is 4.82. The van der Waals surface area contributed by atoms with Crippen LogP contribution in [0.4, 0.5) is 11.4 Å². The molecule has 6 heteroatoms. The molecule has 1 N–H and O–H groups in total. The predicted octanol–water partition coefficient (Wildman–Crippen LogP) is 8.17. The van der Waals surface area contributed by atoms with Crippen molar-refractivity contribution in [1.82, 2.24) is 9.97 Å². The summed E-state index contributed by atoms with van der Waals surface area (Å²) >= 11 is 17.7. The zero-order chi connectivity index (χ0) is 20.9. The average molecular weight is 453 g/mol. The standard InChI is InChI=1S/C15H11ClN2.C9H5Cl2N/c16-11-6-7-13-14(8-9-17-15(13)10-11)18-12-4-2-1-3-5-12;10-6-1-2-7-8(11)3-4-12-9(7)5-6/h1-10H,(H,17,18);1-5H. The largest absolute Gasteiger partial charge is 0.355 e. The molecule has 0 spiro atoms. The number of pyridine rings is 2. The molecule has 148 valence electrons. The smallest absolute Gasteiger partial charge is 0.0737 e. The van der Waals surface area contributed by atoms with Crippen molar-refractivity contribution in [2.24, 2.45) is 0 Å². The minimum absolute atomic E-state index is 0.678. The minimum atomic E-state index is 0.678. The normalized spacial score (nSPS) is 10.5. The van der Waals surface area contributed by atoms with E-state index in [1.165, 1.54) is 0 Å². The summed E-state index contributed by atoms with van der Waals surface area (Å²) in [5.41, 5.74) is 3.81. The summed E-state index contributed by atoms with van der Waals surface area (Å²) in [6, 6.07) is 25.0. The Hall–Kier alpha value is -2.85. The van der Waals surface area contributed by atoms with E-state index in [2.05, 4.69) is 15.3 Å². The first-order valence-electron chi connectivity index (χ1n) is 9.16. The second-order valence-corrected chi connectivity index (χ2v) is 7.75. The van der Waals surface area contributed by atoms with E-state index in [-0.39, 0.29) is 0 Å². The Bertz CT molecular complexity index is 1310. The van der Waals surface area contributed by atoms with Gasteiger partial charge in [0.25, 0.3) is 0 Å². The van der Waals surface area contributed by atoms with Gasteiger partial charge in [0.05, 0.1) is 16.1 Å². The molecule has 0 aliphatic carbocycles. The van der Waals surface area contributed by atoms with Crippen molar-refractivity contribution >= 4 is 68.0 Å². The topological polar surface area (TPSA) is 37.8 Å². The number of anilines is 2. The molecule has 3 aromatic carbocycles. The summed E-state index contributed by atoms with van der Waals surface area (Å²) in [7, 11) is 0. The van der Waals surface area contributed by atoms with E-state index >= 15 is 0 Å². The van der Waals surface area contributed by atoms with Crippen LogP contribution < -0.4 is 5.32 Å². The van der Waals surface area contributed by atoms with Crippen LogP contribution in [-0.4, -0.2) is 9.97 Å². The van der Waals surface area contributed by atoms with E-state index in [4.69, 9.17) is 34.8 Å². The van der Waals surface area contributed by atoms with Gasteiger partial charge in [-0.25, -0.2) is 0 Å². The number of hydrogen-bond acceptors (Lipinski definition) is 3. The Balaban J connectivity index is 0.000000158. The maximum absolute atomic E-state index is 5.97. The highest BCUT2D eigenvalue weighted by molar-refractivity contribution is 6.36. The quantitative estimate of drug-likeness (QED) is 0.293. The van der Waals surface area contributed by atoms with Crippen molar-refractivity contribution < 1.29 is 0 Å². The van der Waals surface area contributed by atoms with E-state index in [0.29, 0.717) is 15.1 Å². The minimum Gasteiger partial charge on any atom is -0.355 e. The first-order valence-corrected chi connectivity index (χ1v) is 10.3. The molecule has 2 heterocycles. The van der Waals surface area contributed by atoms with Crippen LogP contribution in [0, 0.1) is 0 Å². The highest BCUT2D eigenvalue weighted by Gasteiger charge is 2.03. The molecule has 5 aromatic rings. The third-order valence-corrected chi connectivity index (χ3v) is 5.21. The van der Waals surface area contributed by atoms with Crippen LogP contribution in [0.3, 0.4) is 0 Å². The Morgan fingerprint density at radius 2 is 1.20 bits per heavy atom. The van der Waals surface area contributed by atoms with E-state index in [0.717, 1.165) is 33.2 Å². The Morgan fingerprint density at radius 1 is 0.600 bits per heavy atom. The van der Waals surface area contributed by atoms with Crippen LogP contribution in [0.15, 0.2) is 91.3 Å². The second-order valence-electron chi connectivity index (χ2n) is 6.47. The molecule has 0 aliphatic rings. The molecule has 0 saturated heterocycles. The molecular formula is C24H16Cl3N3. The van der Waals surface area contributed by atoms with Gasteiger partial charge in [-0.1, -0.05) is 53.0 Å². The van der Waals surface area contributed by atoms with Gasteiger partial charge in [0.2, 0.25) is 0 Å². The predicted molar refractivity (Wildman–Crippen MR) is 128 cm³/mol. The van der Waals surface area contributed by atoms with Gasteiger partial charge in [-0.3, -0.25) is 9.97 Å². The Labute approximate surface area is 189 Å². The van der Waals surface area contributed by atoms with Gasteiger partial charge in [0, 0.05) is 44.6 Å². The van der Waals surface area contributed by atoms with Gasteiger partial charge in [0.15, 0.2) is 0 Å². The van der Waals surface area contributed by atoms with Crippen molar-refractivity contribution in [2.45, 2.75) is 0 Å². The molecule has 30 heavy (non-hydrogen) atoms. The monoisotopic (exact) mass is 451 g/mol. The molecule has 0 bridgehead atoms. The number of hydrogen-bond donors (Lipinski definition) is 1. The van der Waals surface area contributed by atoms with Crippen LogP contribution in [0.25, 0.3) is 21.8 Å². The lowest BCUT2D eigenvalue weighted by Gasteiger charge is -2.09. The second kappa shape index (κ2) is 9.31. The highest BCUT2D eigenvalue weighted by atomic mass is 35.5. The van der Waals surface area contributed by atoms with Gasteiger partial charge in [-0.2, -0.15) is 0 Å². The Kier molecular flexibility index (Phi) is 6.34. The molecule has 0 amide bonds. The average Bonchev–Trinajstić information content (AvgIpc) is 2.75. The molecule has 5 rings (SSSR count). The number of aromatic nitrogens is 2. The lowest BCUT2D eigenvalue weighted by atomic mass is 10.2. The summed E-state index contributed by atoms with van der Waals surface area (Å²) in [6.45, 7) is 0. The van der Waals surface area contributed by atoms with Crippen molar-refractivity contribution in [3.63, 3.8) is 0 Å². The molecular weight excluding hydrogens is 437 g/mol.